The number of carbonyl (C=O) groups excluding carboxylic acids is 1. The van der Waals surface area contributed by atoms with Crippen LogP contribution in [0.5, 0.6) is 0 Å². The molecule has 158 valence electrons. The monoisotopic (exact) mass is 408 g/mol. The Morgan fingerprint density at radius 1 is 1.10 bits per heavy atom. The van der Waals surface area contributed by atoms with Gasteiger partial charge in [0, 0.05) is 24.9 Å². The summed E-state index contributed by atoms with van der Waals surface area (Å²) in [6.45, 7) is 1.30. The van der Waals surface area contributed by atoms with Crippen LogP contribution in [0.2, 0.25) is 0 Å². The van der Waals surface area contributed by atoms with E-state index in [4.69, 9.17) is 5.11 Å². The molecule has 0 bridgehead atoms. The second-order valence-corrected chi connectivity index (χ2v) is 7.72. The number of rotatable bonds is 8. The maximum absolute atomic E-state index is 12.6. The molecule has 2 aromatic carbocycles. The molecular weight excluding hydrogens is 380 g/mol. The Morgan fingerprint density at radius 3 is 2.53 bits per heavy atom. The third-order valence-corrected chi connectivity index (χ3v) is 5.62. The highest BCUT2D eigenvalue weighted by Crippen LogP contribution is 2.34. The van der Waals surface area contributed by atoms with Crippen molar-refractivity contribution in [3.8, 4) is 6.07 Å². The molecule has 2 aromatic rings. The number of aliphatic hydroxyl groups is 3. The summed E-state index contributed by atoms with van der Waals surface area (Å²) in [4.78, 5) is 14.9. The van der Waals surface area contributed by atoms with Gasteiger partial charge in [-0.25, -0.2) is 0 Å². The molecular formula is C24H28N2O4. The molecule has 0 amide bonds. The highest BCUT2D eigenvalue weighted by molar-refractivity contribution is 6.06. The average molecular weight is 408 g/mol. The number of Topliss-reactive ketones (excluding diaryl/α,β-unsaturated/α-hetero) is 1. The second kappa shape index (κ2) is 10.4. The fourth-order valence-corrected chi connectivity index (χ4v) is 3.92. The zero-order valence-electron chi connectivity index (χ0n) is 17.0. The molecule has 0 spiro atoms. The molecule has 1 saturated heterocycles. The minimum Gasteiger partial charge on any atom is -0.394 e. The number of nitriles is 1. The quantitative estimate of drug-likeness (QED) is 0.458. The van der Waals surface area contributed by atoms with Gasteiger partial charge in [0.25, 0.3) is 0 Å². The lowest BCUT2D eigenvalue weighted by Gasteiger charge is -2.31. The molecule has 1 aliphatic heterocycles. The van der Waals surface area contributed by atoms with Gasteiger partial charge in [0.1, 0.15) is 12.2 Å². The Balaban J connectivity index is 1.93. The number of hydrogen-bond donors (Lipinski definition) is 3. The molecule has 6 heteroatoms. The van der Waals surface area contributed by atoms with Gasteiger partial charge >= 0.3 is 0 Å². The van der Waals surface area contributed by atoms with E-state index < -0.39 is 18.8 Å². The first kappa shape index (κ1) is 22.0. The minimum atomic E-state index is -1.29. The lowest BCUT2D eigenvalue weighted by atomic mass is 9.97. The lowest BCUT2D eigenvalue weighted by Crippen LogP contribution is -2.30. The standard InChI is InChI=1S/C24H28N2O4/c25-15-19(21(28)10-11-22(29)23(30)16-27)14-18-9-8-17-6-2-3-7-20(17)24(18)26-12-4-1-5-13-26/h2-3,6-9,14,22-23,27,29-30H,1,4-5,10-13,16H2/b19-14+. The average Bonchev–Trinajstić information content (AvgIpc) is 2.80. The van der Waals surface area contributed by atoms with Gasteiger partial charge in [-0.15, -0.1) is 0 Å². The van der Waals surface area contributed by atoms with Crippen LogP contribution >= 0.6 is 0 Å². The zero-order chi connectivity index (χ0) is 21.5. The van der Waals surface area contributed by atoms with Gasteiger partial charge in [-0.2, -0.15) is 5.26 Å². The first-order valence-electron chi connectivity index (χ1n) is 10.4. The number of hydrogen-bond acceptors (Lipinski definition) is 6. The first-order valence-corrected chi connectivity index (χ1v) is 10.4. The van der Waals surface area contributed by atoms with Crippen molar-refractivity contribution in [3.05, 3.63) is 47.5 Å². The van der Waals surface area contributed by atoms with Crippen LogP contribution in [0.15, 0.2) is 42.0 Å². The Bertz CT molecular complexity index is 957. The van der Waals surface area contributed by atoms with E-state index in [9.17, 15) is 20.3 Å². The summed E-state index contributed by atoms with van der Waals surface area (Å²) >= 11 is 0. The van der Waals surface area contributed by atoms with E-state index in [0.717, 1.165) is 48.0 Å². The van der Waals surface area contributed by atoms with E-state index in [0.29, 0.717) is 0 Å². The third kappa shape index (κ3) is 5.06. The fourth-order valence-electron chi connectivity index (χ4n) is 3.92. The predicted octanol–water partition coefficient (Wildman–Crippen LogP) is 2.80. The summed E-state index contributed by atoms with van der Waals surface area (Å²) in [5, 5.41) is 39.9. The number of allylic oxidation sites excluding steroid dienone is 1. The predicted molar refractivity (Wildman–Crippen MR) is 117 cm³/mol. The number of piperidine rings is 1. The van der Waals surface area contributed by atoms with E-state index >= 15 is 0 Å². The normalized spacial score (nSPS) is 16.9. The number of carbonyl (C=O) groups is 1. The lowest BCUT2D eigenvalue weighted by molar-refractivity contribution is -0.116. The van der Waals surface area contributed by atoms with E-state index in [-0.39, 0.29) is 24.2 Å². The summed E-state index contributed by atoms with van der Waals surface area (Å²) < 4.78 is 0. The topological polar surface area (TPSA) is 105 Å². The summed E-state index contributed by atoms with van der Waals surface area (Å²) in [5.74, 6) is -0.389. The highest BCUT2D eigenvalue weighted by Gasteiger charge is 2.20. The van der Waals surface area contributed by atoms with E-state index in [1.165, 1.54) is 6.42 Å². The number of aliphatic hydroxyl groups excluding tert-OH is 3. The van der Waals surface area contributed by atoms with Crippen LogP contribution in [0.25, 0.3) is 16.8 Å². The molecule has 0 aromatic heterocycles. The summed E-state index contributed by atoms with van der Waals surface area (Å²) in [5.41, 5.74) is 1.90. The summed E-state index contributed by atoms with van der Waals surface area (Å²) in [7, 11) is 0. The van der Waals surface area contributed by atoms with Crippen molar-refractivity contribution < 1.29 is 20.1 Å². The van der Waals surface area contributed by atoms with Crippen LogP contribution in [-0.4, -0.2) is 53.0 Å². The number of ketones is 1. The van der Waals surface area contributed by atoms with Crippen molar-refractivity contribution in [1.29, 1.82) is 5.26 Å². The van der Waals surface area contributed by atoms with Crippen LogP contribution in [0.3, 0.4) is 0 Å². The molecule has 1 fully saturated rings. The van der Waals surface area contributed by atoms with Crippen molar-refractivity contribution >= 4 is 28.3 Å². The molecule has 2 atom stereocenters. The van der Waals surface area contributed by atoms with E-state index in [2.05, 4.69) is 17.0 Å². The number of benzene rings is 2. The molecule has 0 radical (unpaired) electrons. The van der Waals surface area contributed by atoms with Crippen molar-refractivity contribution in [3.63, 3.8) is 0 Å². The number of anilines is 1. The van der Waals surface area contributed by atoms with Gasteiger partial charge in [-0.1, -0.05) is 36.4 Å². The van der Waals surface area contributed by atoms with Crippen LogP contribution in [0.4, 0.5) is 5.69 Å². The van der Waals surface area contributed by atoms with Crippen LogP contribution in [-0.2, 0) is 4.79 Å². The van der Waals surface area contributed by atoms with Crippen molar-refractivity contribution in [2.45, 2.75) is 44.3 Å². The molecule has 0 saturated carbocycles. The second-order valence-electron chi connectivity index (χ2n) is 7.72. The van der Waals surface area contributed by atoms with Gasteiger partial charge in [0.05, 0.1) is 24.0 Å². The SMILES string of the molecule is N#C/C(=C\c1ccc2ccccc2c1N1CCCCC1)C(=O)CCC(O)C(O)CO. The van der Waals surface area contributed by atoms with Gasteiger partial charge in [-0.05, 0) is 42.7 Å². The summed E-state index contributed by atoms with van der Waals surface area (Å²) in [6, 6.07) is 14.0. The molecule has 2 unspecified atom stereocenters. The molecule has 3 N–H and O–H groups in total. The Morgan fingerprint density at radius 2 is 1.83 bits per heavy atom. The van der Waals surface area contributed by atoms with Gasteiger partial charge < -0.3 is 20.2 Å². The fraction of sp³-hybridized carbons (Fsp3) is 0.417. The first-order chi connectivity index (χ1) is 14.5. The number of nitrogens with zero attached hydrogens (tertiary/aromatic N) is 2. The maximum atomic E-state index is 12.6. The van der Waals surface area contributed by atoms with Crippen molar-refractivity contribution in [1.82, 2.24) is 0 Å². The number of fused-ring (bicyclic) bond motifs is 1. The molecule has 1 heterocycles. The molecule has 3 rings (SSSR count). The van der Waals surface area contributed by atoms with E-state index in [1.807, 2.05) is 30.3 Å². The molecule has 1 aliphatic rings. The van der Waals surface area contributed by atoms with Gasteiger partial charge in [-0.3, -0.25) is 4.79 Å². The van der Waals surface area contributed by atoms with E-state index in [1.54, 1.807) is 6.08 Å². The minimum absolute atomic E-state index is 0.0176. The zero-order valence-corrected chi connectivity index (χ0v) is 17.0. The van der Waals surface area contributed by atoms with Crippen molar-refractivity contribution in [2.24, 2.45) is 0 Å². The van der Waals surface area contributed by atoms with Gasteiger partial charge in [0.2, 0.25) is 0 Å². The molecule has 30 heavy (non-hydrogen) atoms. The molecule has 0 aliphatic carbocycles. The maximum Gasteiger partial charge on any atom is 0.173 e. The molecule has 6 nitrogen and oxygen atoms in total. The Kier molecular flexibility index (Phi) is 7.58. The third-order valence-electron chi connectivity index (χ3n) is 5.62. The van der Waals surface area contributed by atoms with Gasteiger partial charge in [0.15, 0.2) is 5.78 Å². The van der Waals surface area contributed by atoms with Crippen molar-refractivity contribution in [2.75, 3.05) is 24.6 Å². The Labute approximate surface area is 176 Å². The van der Waals surface area contributed by atoms with Crippen LogP contribution < -0.4 is 4.90 Å². The largest absolute Gasteiger partial charge is 0.394 e. The van der Waals surface area contributed by atoms with Crippen LogP contribution in [0, 0.1) is 11.3 Å². The Hall–Kier alpha value is -2.72. The smallest absolute Gasteiger partial charge is 0.173 e. The van der Waals surface area contributed by atoms with Crippen LogP contribution in [0.1, 0.15) is 37.7 Å². The highest BCUT2D eigenvalue weighted by atomic mass is 16.4. The summed E-state index contributed by atoms with van der Waals surface area (Å²) in [6.07, 6.45) is 2.47.